The largest absolute Gasteiger partial charge is 0.393 e. The van der Waals surface area contributed by atoms with E-state index in [4.69, 9.17) is 5.84 Å². The van der Waals surface area contributed by atoms with Gasteiger partial charge in [0.25, 0.3) is 0 Å². The summed E-state index contributed by atoms with van der Waals surface area (Å²) in [5, 5.41) is 13.0. The molecule has 20 heavy (non-hydrogen) atoms. The van der Waals surface area contributed by atoms with Crippen LogP contribution in [0.15, 0.2) is 0 Å². The van der Waals surface area contributed by atoms with Gasteiger partial charge in [0, 0.05) is 18.5 Å². The number of aromatic nitrogens is 2. The van der Waals surface area contributed by atoms with Crippen molar-refractivity contribution in [2.24, 2.45) is 11.8 Å². The highest BCUT2D eigenvalue weighted by molar-refractivity contribution is 5.56. The minimum Gasteiger partial charge on any atom is -0.393 e. The Bertz CT molecular complexity index is 451. The molecule has 1 fully saturated rings. The van der Waals surface area contributed by atoms with Crippen LogP contribution in [0.3, 0.4) is 0 Å². The molecule has 0 spiro atoms. The number of nitrogens with two attached hydrogens (primary N) is 1. The highest BCUT2D eigenvalue weighted by atomic mass is 16.3. The number of rotatable bonds is 6. The van der Waals surface area contributed by atoms with Gasteiger partial charge >= 0.3 is 0 Å². The maximum Gasteiger partial charge on any atom is 0.148 e. The van der Waals surface area contributed by atoms with Crippen LogP contribution in [0.25, 0.3) is 0 Å². The summed E-state index contributed by atoms with van der Waals surface area (Å²) >= 11 is 0. The number of nitrogens with zero attached hydrogens (tertiary/aromatic N) is 2. The number of hydrogen-bond acceptors (Lipinski definition) is 6. The van der Waals surface area contributed by atoms with Crippen molar-refractivity contribution < 1.29 is 5.11 Å². The highest BCUT2D eigenvalue weighted by Crippen LogP contribution is 2.26. The van der Waals surface area contributed by atoms with E-state index in [1.165, 1.54) is 0 Å². The van der Waals surface area contributed by atoms with Gasteiger partial charge in [-0.05, 0) is 38.5 Å². The fraction of sp³-hybridized carbons (Fsp3) is 0.714. The van der Waals surface area contributed by atoms with Gasteiger partial charge in [0.05, 0.1) is 6.10 Å². The van der Waals surface area contributed by atoms with Crippen LogP contribution >= 0.6 is 0 Å². The third kappa shape index (κ3) is 3.58. The summed E-state index contributed by atoms with van der Waals surface area (Å²) in [5.74, 6) is 8.37. The van der Waals surface area contributed by atoms with Crippen molar-refractivity contribution in [2.45, 2.75) is 52.1 Å². The molecule has 1 aliphatic carbocycles. The molecule has 0 aliphatic heterocycles. The van der Waals surface area contributed by atoms with Crippen molar-refractivity contribution in [1.82, 2.24) is 9.97 Å². The maximum absolute atomic E-state index is 9.57. The summed E-state index contributed by atoms with van der Waals surface area (Å²) in [6, 6.07) is 0. The van der Waals surface area contributed by atoms with Gasteiger partial charge in [-0.3, -0.25) is 0 Å². The first-order valence-corrected chi connectivity index (χ1v) is 7.40. The van der Waals surface area contributed by atoms with Crippen molar-refractivity contribution in [1.29, 1.82) is 0 Å². The summed E-state index contributed by atoms with van der Waals surface area (Å²) in [4.78, 5) is 8.98. The zero-order chi connectivity index (χ0) is 14.5. The average molecular weight is 279 g/mol. The number of aryl methyl sites for hydroxylation is 1. The molecule has 0 aromatic carbocycles. The smallest absolute Gasteiger partial charge is 0.148 e. The molecule has 5 N–H and O–H groups in total. The fourth-order valence-corrected chi connectivity index (χ4v) is 2.69. The molecule has 1 aromatic rings. The second-order valence-electron chi connectivity index (χ2n) is 5.57. The molecule has 1 heterocycles. The number of nitrogen functional groups attached to an aromatic ring is 1. The van der Waals surface area contributed by atoms with Crippen LogP contribution in [0.5, 0.6) is 0 Å². The topological polar surface area (TPSA) is 96.1 Å². The number of aliphatic hydroxyl groups excluding tert-OH is 1. The first kappa shape index (κ1) is 15.0. The predicted molar refractivity (Wildman–Crippen MR) is 80.4 cm³/mol. The molecule has 1 saturated carbocycles. The fourth-order valence-electron chi connectivity index (χ4n) is 2.69. The van der Waals surface area contributed by atoms with Crippen LogP contribution in [-0.4, -0.2) is 27.7 Å². The summed E-state index contributed by atoms with van der Waals surface area (Å²) < 4.78 is 0. The lowest BCUT2D eigenvalue weighted by atomic mass is 10.1. The molecule has 0 bridgehead atoms. The van der Waals surface area contributed by atoms with Gasteiger partial charge in [-0.15, -0.1) is 0 Å². The Balaban J connectivity index is 2.07. The summed E-state index contributed by atoms with van der Waals surface area (Å²) in [5.41, 5.74) is 3.57. The molecule has 0 saturated heterocycles. The Morgan fingerprint density at radius 3 is 2.65 bits per heavy atom. The van der Waals surface area contributed by atoms with Crippen molar-refractivity contribution in [3.05, 3.63) is 11.4 Å². The standard InChI is InChI=1S/C14H25N5O/c1-3-4-12-17-13(9(2)14(18-12)19-15)16-8-10-5-6-11(20)7-10/h10-11,20H,3-8,15H2,1-2H3,(H2,16,17,18,19). The Kier molecular flexibility index (Phi) is 5.14. The summed E-state index contributed by atoms with van der Waals surface area (Å²) in [6.07, 6.45) is 4.56. The molecule has 1 aromatic heterocycles. The molecule has 1 aliphatic rings. The molecule has 2 rings (SSSR count). The van der Waals surface area contributed by atoms with Crippen LogP contribution in [0, 0.1) is 12.8 Å². The Morgan fingerprint density at radius 1 is 1.30 bits per heavy atom. The second-order valence-corrected chi connectivity index (χ2v) is 5.57. The Hall–Kier alpha value is -1.40. The summed E-state index contributed by atoms with van der Waals surface area (Å²) in [6.45, 7) is 4.90. The van der Waals surface area contributed by atoms with Gasteiger partial charge in [0.15, 0.2) is 0 Å². The number of nitrogens with one attached hydrogen (secondary N) is 2. The molecule has 0 amide bonds. The van der Waals surface area contributed by atoms with E-state index in [-0.39, 0.29) is 6.10 Å². The monoisotopic (exact) mass is 279 g/mol. The minimum absolute atomic E-state index is 0.134. The lowest BCUT2D eigenvalue weighted by Crippen LogP contribution is -2.18. The van der Waals surface area contributed by atoms with Crippen molar-refractivity contribution in [3.63, 3.8) is 0 Å². The van der Waals surface area contributed by atoms with Crippen LogP contribution in [0.4, 0.5) is 11.6 Å². The molecule has 6 nitrogen and oxygen atoms in total. The molecule has 6 heteroatoms. The highest BCUT2D eigenvalue weighted by Gasteiger charge is 2.23. The quantitative estimate of drug-likeness (QED) is 0.466. The molecule has 0 radical (unpaired) electrons. The van der Waals surface area contributed by atoms with Crippen molar-refractivity contribution in [2.75, 3.05) is 17.3 Å². The van der Waals surface area contributed by atoms with E-state index in [1.807, 2.05) is 6.92 Å². The van der Waals surface area contributed by atoms with Crippen LogP contribution in [-0.2, 0) is 6.42 Å². The first-order valence-electron chi connectivity index (χ1n) is 7.40. The number of anilines is 2. The minimum atomic E-state index is -0.134. The van der Waals surface area contributed by atoms with Gasteiger partial charge < -0.3 is 15.8 Å². The van der Waals surface area contributed by atoms with Crippen LogP contribution in [0.1, 0.15) is 44.0 Å². The summed E-state index contributed by atoms with van der Waals surface area (Å²) in [7, 11) is 0. The third-order valence-electron chi connectivity index (χ3n) is 3.87. The van der Waals surface area contributed by atoms with Gasteiger partial charge in [0.1, 0.15) is 17.5 Å². The molecule has 2 unspecified atom stereocenters. The van der Waals surface area contributed by atoms with E-state index < -0.39 is 0 Å². The van der Waals surface area contributed by atoms with E-state index in [9.17, 15) is 5.11 Å². The van der Waals surface area contributed by atoms with Crippen LogP contribution in [0.2, 0.25) is 0 Å². The van der Waals surface area contributed by atoms with Crippen molar-refractivity contribution >= 4 is 11.6 Å². The molecular weight excluding hydrogens is 254 g/mol. The predicted octanol–water partition coefficient (Wildman–Crippen LogP) is 1.60. The van der Waals surface area contributed by atoms with E-state index >= 15 is 0 Å². The number of aliphatic hydroxyl groups is 1. The first-order chi connectivity index (χ1) is 9.63. The van der Waals surface area contributed by atoms with E-state index in [0.717, 1.165) is 55.9 Å². The van der Waals surface area contributed by atoms with Gasteiger partial charge in [-0.25, -0.2) is 15.8 Å². The molecule has 112 valence electrons. The molecule has 2 atom stereocenters. The average Bonchev–Trinajstić information content (AvgIpc) is 2.85. The van der Waals surface area contributed by atoms with E-state index in [2.05, 4.69) is 27.6 Å². The number of hydrogen-bond donors (Lipinski definition) is 4. The molecular formula is C14H25N5O. The normalized spacial score (nSPS) is 22.0. The van der Waals surface area contributed by atoms with Crippen molar-refractivity contribution in [3.8, 4) is 0 Å². The van der Waals surface area contributed by atoms with E-state index in [1.54, 1.807) is 0 Å². The second kappa shape index (κ2) is 6.85. The lowest BCUT2D eigenvalue weighted by Gasteiger charge is -2.16. The van der Waals surface area contributed by atoms with Gasteiger partial charge in [-0.2, -0.15) is 0 Å². The van der Waals surface area contributed by atoms with Gasteiger partial charge in [0.2, 0.25) is 0 Å². The third-order valence-corrected chi connectivity index (χ3v) is 3.87. The number of hydrazine groups is 1. The zero-order valence-electron chi connectivity index (χ0n) is 12.3. The van der Waals surface area contributed by atoms with E-state index in [0.29, 0.717) is 11.7 Å². The lowest BCUT2D eigenvalue weighted by molar-refractivity contribution is 0.178. The zero-order valence-corrected chi connectivity index (χ0v) is 12.3. The maximum atomic E-state index is 9.57. The Labute approximate surface area is 120 Å². The SMILES string of the molecule is CCCc1nc(NN)c(C)c(NCC2CCC(O)C2)n1. The Morgan fingerprint density at radius 2 is 2.05 bits per heavy atom. The van der Waals surface area contributed by atoms with Crippen LogP contribution < -0.4 is 16.6 Å². The van der Waals surface area contributed by atoms with Gasteiger partial charge in [-0.1, -0.05) is 6.92 Å².